The van der Waals surface area contributed by atoms with Crippen molar-refractivity contribution < 1.29 is 9.53 Å². The standard InChI is InChI=1S/C18H24N2O2/c1-4-16-18(12-9-13-19-16,22-17(21)5-2)20-14(3)15-10-7-6-8-11-15/h6-11,13-14,20H,4-5,12H2,1-3H3/t14-,18+/m0/s1. The topological polar surface area (TPSA) is 50.7 Å². The summed E-state index contributed by atoms with van der Waals surface area (Å²) in [4.78, 5) is 16.4. The maximum Gasteiger partial charge on any atom is 0.307 e. The summed E-state index contributed by atoms with van der Waals surface area (Å²) in [7, 11) is 0. The molecule has 0 saturated carbocycles. The largest absolute Gasteiger partial charge is 0.438 e. The maximum atomic E-state index is 11.9. The molecule has 2 rings (SSSR count). The number of carbonyl (C=O) groups excluding carboxylic acids is 1. The van der Waals surface area contributed by atoms with Crippen molar-refractivity contribution in [3.05, 3.63) is 48.2 Å². The van der Waals surface area contributed by atoms with Crippen LogP contribution in [-0.4, -0.2) is 17.4 Å². The van der Waals surface area contributed by atoms with E-state index in [2.05, 4.69) is 29.4 Å². The summed E-state index contributed by atoms with van der Waals surface area (Å²) in [6.45, 7) is 5.90. The molecule has 0 unspecified atom stereocenters. The number of hydrogen-bond acceptors (Lipinski definition) is 4. The highest BCUT2D eigenvalue weighted by Crippen LogP contribution is 2.27. The number of aliphatic imine (C=N–C) groups is 1. The third kappa shape index (κ3) is 3.63. The van der Waals surface area contributed by atoms with Crippen LogP contribution in [0.5, 0.6) is 0 Å². The van der Waals surface area contributed by atoms with Gasteiger partial charge in [-0.15, -0.1) is 0 Å². The zero-order valence-corrected chi connectivity index (χ0v) is 13.5. The third-order valence-electron chi connectivity index (χ3n) is 3.87. The van der Waals surface area contributed by atoms with Crippen LogP contribution in [0.15, 0.2) is 47.6 Å². The van der Waals surface area contributed by atoms with E-state index in [4.69, 9.17) is 4.74 Å². The summed E-state index contributed by atoms with van der Waals surface area (Å²) in [5.41, 5.74) is 1.17. The van der Waals surface area contributed by atoms with Crippen LogP contribution in [0, 0.1) is 0 Å². The summed E-state index contributed by atoms with van der Waals surface area (Å²) in [6.07, 6.45) is 5.40. The molecule has 0 saturated heterocycles. The number of nitrogens with one attached hydrogen (secondary N) is 1. The van der Waals surface area contributed by atoms with Crippen LogP contribution >= 0.6 is 0 Å². The van der Waals surface area contributed by atoms with Crippen molar-refractivity contribution in [2.45, 2.75) is 51.8 Å². The molecular formula is C18H24N2O2. The Bertz CT molecular complexity index is 566. The molecule has 0 aliphatic carbocycles. The average molecular weight is 300 g/mol. The molecular weight excluding hydrogens is 276 g/mol. The first-order chi connectivity index (χ1) is 10.6. The van der Waals surface area contributed by atoms with E-state index in [0.717, 1.165) is 17.7 Å². The zero-order valence-electron chi connectivity index (χ0n) is 13.5. The van der Waals surface area contributed by atoms with Crippen LogP contribution in [0.4, 0.5) is 0 Å². The van der Waals surface area contributed by atoms with Gasteiger partial charge < -0.3 is 4.74 Å². The van der Waals surface area contributed by atoms with E-state index in [-0.39, 0.29) is 12.0 Å². The second kappa shape index (κ2) is 7.36. The molecule has 2 atom stereocenters. The third-order valence-corrected chi connectivity index (χ3v) is 3.87. The van der Waals surface area contributed by atoms with Crippen molar-refractivity contribution in [1.29, 1.82) is 0 Å². The lowest BCUT2D eigenvalue weighted by Crippen LogP contribution is -2.56. The summed E-state index contributed by atoms with van der Waals surface area (Å²) in [6, 6.07) is 10.2. The van der Waals surface area contributed by atoms with E-state index in [0.29, 0.717) is 12.8 Å². The minimum atomic E-state index is -0.841. The van der Waals surface area contributed by atoms with Gasteiger partial charge in [0.25, 0.3) is 0 Å². The predicted octanol–water partition coefficient (Wildman–Crippen LogP) is 3.76. The minimum absolute atomic E-state index is 0.0501. The van der Waals surface area contributed by atoms with E-state index in [1.165, 1.54) is 0 Å². The van der Waals surface area contributed by atoms with Crippen molar-refractivity contribution in [1.82, 2.24) is 5.32 Å². The Morgan fingerprint density at radius 2 is 2.09 bits per heavy atom. The van der Waals surface area contributed by atoms with Gasteiger partial charge in [0, 0.05) is 25.1 Å². The SMILES string of the molecule is CCC(=O)O[C@]1(N[C@@H](C)c2ccccc2)CC=CN=C1CC. The Labute approximate surface area is 132 Å². The van der Waals surface area contributed by atoms with Crippen LogP contribution in [-0.2, 0) is 9.53 Å². The summed E-state index contributed by atoms with van der Waals surface area (Å²) in [5.74, 6) is -0.218. The molecule has 118 valence electrons. The van der Waals surface area contributed by atoms with Crippen molar-refractivity contribution >= 4 is 11.7 Å². The highest BCUT2D eigenvalue weighted by Gasteiger charge is 2.40. The van der Waals surface area contributed by atoms with Crippen molar-refractivity contribution in [3.63, 3.8) is 0 Å². The van der Waals surface area contributed by atoms with Gasteiger partial charge in [0.05, 0.1) is 5.71 Å². The number of ether oxygens (including phenoxy) is 1. The molecule has 1 heterocycles. The lowest BCUT2D eigenvalue weighted by Gasteiger charge is -2.38. The first kappa shape index (κ1) is 16.4. The van der Waals surface area contributed by atoms with Crippen LogP contribution in [0.1, 0.15) is 51.6 Å². The van der Waals surface area contributed by atoms with Gasteiger partial charge in [-0.1, -0.05) is 50.3 Å². The van der Waals surface area contributed by atoms with Crippen LogP contribution in [0.2, 0.25) is 0 Å². The fourth-order valence-corrected chi connectivity index (χ4v) is 2.67. The number of benzene rings is 1. The molecule has 22 heavy (non-hydrogen) atoms. The first-order valence-corrected chi connectivity index (χ1v) is 7.88. The van der Waals surface area contributed by atoms with E-state index in [1.54, 1.807) is 13.1 Å². The molecule has 0 spiro atoms. The smallest absolute Gasteiger partial charge is 0.307 e. The predicted molar refractivity (Wildman–Crippen MR) is 88.6 cm³/mol. The second-order valence-electron chi connectivity index (χ2n) is 5.45. The molecule has 0 bridgehead atoms. The van der Waals surface area contributed by atoms with Gasteiger partial charge >= 0.3 is 5.97 Å². The van der Waals surface area contributed by atoms with Gasteiger partial charge in [0.15, 0.2) is 0 Å². The molecule has 0 radical (unpaired) electrons. The van der Waals surface area contributed by atoms with Crippen LogP contribution in [0.25, 0.3) is 0 Å². The van der Waals surface area contributed by atoms with Gasteiger partial charge in [-0.2, -0.15) is 0 Å². The Morgan fingerprint density at radius 3 is 2.73 bits per heavy atom. The molecule has 1 aliphatic rings. The van der Waals surface area contributed by atoms with Crippen molar-refractivity contribution in [2.24, 2.45) is 4.99 Å². The molecule has 1 aromatic rings. The molecule has 1 aromatic carbocycles. The van der Waals surface area contributed by atoms with E-state index in [9.17, 15) is 4.79 Å². The number of hydrogen-bond donors (Lipinski definition) is 1. The Balaban J connectivity index is 2.27. The molecule has 4 heteroatoms. The molecule has 0 amide bonds. The van der Waals surface area contributed by atoms with Gasteiger partial charge in [-0.05, 0) is 18.9 Å². The average Bonchev–Trinajstić information content (AvgIpc) is 2.55. The van der Waals surface area contributed by atoms with Gasteiger partial charge in [0.2, 0.25) is 5.72 Å². The van der Waals surface area contributed by atoms with Crippen LogP contribution < -0.4 is 5.32 Å². The van der Waals surface area contributed by atoms with Crippen molar-refractivity contribution in [2.75, 3.05) is 0 Å². The van der Waals surface area contributed by atoms with Gasteiger partial charge in [-0.3, -0.25) is 15.1 Å². The second-order valence-corrected chi connectivity index (χ2v) is 5.45. The van der Waals surface area contributed by atoms with Gasteiger partial charge in [0.1, 0.15) is 0 Å². The normalized spacial score (nSPS) is 22.0. The lowest BCUT2D eigenvalue weighted by molar-refractivity contribution is -0.156. The number of esters is 1. The van der Waals surface area contributed by atoms with Crippen molar-refractivity contribution in [3.8, 4) is 0 Å². The molecule has 1 N–H and O–H groups in total. The zero-order chi connectivity index (χ0) is 16.0. The first-order valence-electron chi connectivity index (χ1n) is 7.88. The summed E-state index contributed by atoms with van der Waals surface area (Å²) >= 11 is 0. The maximum absolute atomic E-state index is 11.9. The number of carbonyl (C=O) groups is 1. The van der Waals surface area contributed by atoms with Crippen LogP contribution in [0.3, 0.4) is 0 Å². The van der Waals surface area contributed by atoms with E-state index in [1.807, 2.05) is 31.2 Å². The monoisotopic (exact) mass is 300 g/mol. The highest BCUT2D eigenvalue weighted by molar-refractivity contribution is 5.95. The van der Waals surface area contributed by atoms with E-state index >= 15 is 0 Å². The molecule has 0 aromatic heterocycles. The van der Waals surface area contributed by atoms with E-state index < -0.39 is 5.72 Å². The fourth-order valence-electron chi connectivity index (χ4n) is 2.67. The number of rotatable bonds is 6. The minimum Gasteiger partial charge on any atom is -0.438 e. The van der Waals surface area contributed by atoms with Gasteiger partial charge in [-0.25, -0.2) is 0 Å². The summed E-state index contributed by atoms with van der Waals surface area (Å²) in [5, 5.41) is 3.49. The molecule has 1 aliphatic heterocycles. The Morgan fingerprint density at radius 1 is 1.36 bits per heavy atom. The Kier molecular flexibility index (Phi) is 5.50. The Hall–Kier alpha value is -1.94. The number of nitrogens with zero attached hydrogens (tertiary/aromatic N) is 1. The quantitative estimate of drug-likeness (QED) is 0.643. The molecule has 0 fully saturated rings. The lowest BCUT2D eigenvalue weighted by atomic mass is 9.96. The summed E-state index contributed by atoms with van der Waals surface area (Å²) < 4.78 is 5.79. The fraction of sp³-hybridized carbons (Fsp3) is 0.444. The molecule has 4 nitrogen and oxygen atoms in total. The highest BCUT2D eigenvalue weighted by atomic mass is 16.6.